The SMILES string of the molecule is [c]1cc2ccccc2cc1Cc1ccccc1. The van der Waals surface area contributed by atoms with Gasteiger partial charge in [0.15, 0.2) is 0 Å². The average Bonchev–Trinajstić information content (AvgIpc) is 2.40. The Hall–Kier alpha value is -2.08. The second-order valence-corrected chi connectivity index (χ2v) is 4.25. The van der Waals surface area contributed by atoms with Crippen LogP contribution >= 0.6 is 0 Å². The van der Waals surface area contributed by atoms with Gasteiger partial charge < -0.3 is 0 Å². The van der Waals surface area contributed by atoms with E-state index in [-0.39, 0.29) is 0 Å². The minimum Gasteiger partial charge on any atom is -0.0622 e. The zero-order valence-corrected chi connectivity index (χ0v) is 9.56. The van der Waals surface area contributed by atoms with Crippen molar-refractivity contribution in [2.24, 2.45) is 0 Å². The van der Waals surface area contributed by atoms with E-state index < -0.39 is 0 Å². The second kappa shape index (κ2) is 4.42. The van der Waals surface area contributed by atoms with E-state index in [0.29, 0.717) is 0 Å². The van der Waals surface area contributed by atoms with Crippen LogP contribution in [0.4, 0.5) is 0 Å². The molecule has 0 fully saturated rings. The second-order valence-electron chi connectivity index (χ2n) is 4.25. The first-order valence-electron chi connectivity index (χ1n) is 5.85. The van der Waals surface area contributed by atoms with Gasteiger partial charge in [-0.3, -0.25) is 0 Å². The number of rotatable bonds is 2. The van der Waals surface area contributed by atoms with Crippen molar-refractivity contribution >= 4 is 10.8 Å². The van der Waals surface area contributed by atoms with E-state index in [1.54, 1.807) is 0 Å². The van der Waals surface area contributed by atoms with E-state index in [0.717, 1.165) is 6.42 Å². The van der Waals surface area contributed by atoms with Gasteiger partial charge in [-0.25, -0.2) is 0 Å². The maximum absolute atomic E-state index is 3.36. The van der Waals surface area contributed by atoms with Crippen molar-refractivity contribution in [3.63, 3.8) is 0 Å². The lowest BCUT2D eigenvalue weighted by Crippen LogP contribution is -1.87. The fourth-order valence-corrected chi connectivity index (χ4v) is 2.09. The molecule has 0 amide bonds. The first-order chi connectivity index (χ1) is 8.42. The summed E-state index contributed by atoms with van der Waals surface area (Å²) in [6, 6.07) is 26.6. The lowest BCUT2D eigenvalue weighted by atomic mass is 10.0. The summed E-state index contributed by atoms with van der Waals surface area (Å²) in [5.74, 6) is 0. The summed E-state index contributed by atoms with van der Waals surface area (Å²) in [5, 5.41) is 2.54. The number of hydrogen-bond acceptors (Lipinski definition) is 0. The van der Waals surface area contributed by atoms with Gasteiger partial charge in [0.25, 0.3) is 0 Å². The maximum atomic E-state index is 3.36. The molecular weight excluding hydrogens is 204 g/mol. The molecule has 0 aliphatic carbocycles. The number of hydrogen-bond donors (Lipinski definition) is 0. The van der Waals surface area contributed by atoms with Gasteiger partial charge in [-0.15, -0.1) is 0 Å². The summed E-state index contributed by atoms with van der Waals surface area (Å²) in [6.07, 6.45) is 0.950. The molecule has 0 atom stereocenters. The highest BCUT2D eigenvalue weighted by Gasteiger charge is 1.98. The maximum Gasteiger partial charge on any atom is -0.00194 e. The Morgan fingerprint density at radius 3 is 2.29 bits per heavy atom. The van der Waals surface area contributed by atoms with Gasteiger partial charge in [0.05, 0.1) is 0 Å². The zero-order chi connectivity index (χ0) is 11.5. The minimum atomic E-state index is 0.950. The van der Waals surface area contributed by atoms with Crippen molar-refractivity contribution < 1.29 is 0 Å². The van der Waals surface area contributed by atoms with Gasteiger partial charge in [-0.05, 0) is 40.5 Å². The van der Waals surface area contributed by atoms with Gasteiger partial charge in [-0.1, -0.05) is 60.7 Å². The molecule has 0 saturated carbocycles. The van der Waals surface area contributed by atoms with Crippen LogP contribution in [0.15, 0.2) is 66.7 Å². The van der Waals surface area contributed by atoms with Crippen LogP contribution in [0.25, 0.3) is 10.8 Å². The van der Waals surface area contributed by atoms with Crippen molar-refractivity contribution in [2.45, 2.75) is 6.42 Å². The molecular formula is C17H13. The molecule has 81 valence electrons. The minimum absolute atomic E-state index is 0.950. The van der Waals surface area contributed by atoms with E-state index in [1.165, 1.54) is 21.9 Å². The highest BCUT2D eigenvalue weighted by atomic mass is 14.0. The molecule has 0 bridgehead atoms. The van der Waals surface area contributed by atoms with Crippen molar-refractivity contribution in [3.8, 4) is 0 Å². The van der Waals surface area contributed by atoms with Crippen LogP contribution in [0.2, 0.25) is 0 Å². The van der Waals surface area contributed by atoms with Crippen LogP contribution in [-0.4, -0.2) is 0 Å². The number of benzene rings is 3. The van der Waals surface area contributed by atoms with Crippen LogP contribution in [0.1, 0.15) is 11.1 Å². The summed E-state index contributed by atoms with van der Waals surface area (Å²) in [5.41, 5.74) is 2.58. The van der Waals surface area contributed by atoms with Crippen LogP contribution in [0, 0.1) is 6.07 Å². The lowest BCUT2D eigenvalue weighted by Gasteiger charge is -2.03. The van der Waals surface area contributed by atoms with Crippen molar-refractivity contribution in [1.29, 1.82) is 0 Å². The summed E-state index contributed by atoms with van der Waals surface area (Å²) < 4.78 is 0. The Bertz CT molecular complexity index is 624. The van der Waals surface area contributed by atoms with Crippen molar-refractivity contribution in [1.82, 2.24) is 0 Å². The molecule has 17 heavy (non-hydrogen) atoms. The zero-order valence-electron chi connectivity index (χ0n) is 9.56. The molecule has 3 aromatic rings. The highest BCUT2D eigenvalue weighted by molar-refractivity contribution is 5.82. The fourth-order valence-electron chi connectivity index (χ4n) is 2.09. The molecule has 3 rings (SSSR count). The third-order valence-electron chi connectivity index (χ3n) is 2.98. The predicted octanol–water partition coefficient (Wildman–Crippen LogP) is 4.23. The molecule has 0 nitrogen and oxygen atoms in total. The Balaban J connectivity index is 1.96. The first kappa shape index (κ1) is 10.1. The van der Waals surface area contributed by atoms with Gasteiger partial charge in [0.2, 0.25) is 0 Å². The third-order valence-corrected chi connectivity index (χ3v) is 2.98. The summed E-state index contributed by atoms with van der Waals surface area (Å²) in [4.78, 5) is 0. The van der Waals surface area contributed by atoms with Crippen molar-refractivity contribution in [2.75, 3.05) is 0 Å². The Kier molecular flexibility index (Phi) is 2.63. The van der Waals surface area contributed by atoms with Gasteiger partial charge >= 0.3 is 0 Å². The lowest BCUT2D eigenvalue weighted by molar-refractivity contribution is 1.20. The molecule has 0 aromatic heterocycles. The summed E-state index contributed by atoms with van der Waals surface area (Å²) >= 11 is 0. The van der Waals surface area contributed by atoms with Crippen LogP contribution in [-0.2, 0) is 6.42 Å². The molecule has 0 saturated heterocycles. The molecule has 0 heteroatoms. The van der Waals surface area contributed by atoms with Crippen LogP contribution < -0.4 is 0 Å². The molecule has 0 aliphatic rings. The van der Waals surface area contributed by atoms with E-state index in [4.69, 9.17) is 0 Å². The smallest absolute Gasteiger partial charge is 0.00194 e. The quantitative estimate of drug-likeness (QED) is 0.602. The third kappa shape index (κ3) is 2.21. The van der Waals surface area contributed by atoms with Gasteiger partial charge in [-0.2, -0.15) is 0 Å². The van der Waals surface area contributed by atoms with Gasteiger partial charge in [0, 0.05) is 0 Å². The Morgan fingerprint density at radius 1 is 0.765 bits per heavy atom. The summed E-state index contributed by atoms with van der Waals surface area (Å²) in [6.45, 7) is 0. The Labute approximate surface area is 102 Å². The van der Waals surface area contributed by atoms with E-state index in [1.807, 2.05) is 6.07 Å². The van der Waals surface area contributed by atoms with E-state index in [2.05, 4.69) is 66.7 Å². The molecule has 0 N–H and O–H groups in total. The molecule has 3 aromatic carbocycles. The van der Waals surface area contributed by atoms with Crippen LogP contribution in [0.3, 0.4) is 0 Å². The summed E-state index contributed by atoms with van der Waals surface area (Å²) in [7, 11) is 0. The fraction of sp³-hybridized carbons (Fsp3) is 0.0588. The largest absolute Gasteiger partial charge is 0.0622 e. The monoisotopic (exact) mass is 217 g/mol. The topological polar surface area (TPSA) is 0 Å². The normalized spacial score (nSPS) is 10.6. The molecule has 0 spiro atoms. The average molecular weight is 217 g/mol. The molecule has 0 unspecified atom stereocenters. The number of fused-ring (bicyclic) bond motifs is 1. The van der Waals surface area contributed by atoms with Gasteiger partial charge in [0.1, 0.15) is 0 Å². The predicted molar refractivity (Wildman–Crippen MR) is 72.0 cm³/mol. The molecule has 0 aliphatic heterocycles. The van der Waals surface area contributed by atoms with Crippen LogP contribution in [0.5, 0.6) is 0 Å². The Morgan fingerprint density at radius 2 is 1.47 bits per heavy atom. The van der Waals surface area contributed by atoms with Crippen molar-refractivity contribution in [3.05, 3.63) is 83.9 Å². The highest BCUT2D eigenvalue weighted by Crippen LogP contribution is 2.17. The van der Waals surface area contributed by atoms with E-state index >= 15 is 0 Å². The van der Waals surface area contributed by atoms with E-state index in [9.17, 15) is 0 Å². The molecule has 1 radical (unpaired) electrons. The first-order valence-corrected chi connectivity index (χ1v) is 5.85. The standard InChI is InChI=1S/C17H13/c1-2-6-14(7-3-1)12-15-10-11-16-8-4-5-9-17(16)13-15/h1-9,11,13H,12H2. The molecule has 0 heterocycles.